The minimum absolute atomic E-state index is 0.111. The zero-order valence-electron chi connectivity index (χ0n) is 24.2. The number of carbonyl (C=O) groups is 1. The maximum atomic E-state index is 12.7. The van der Waals surface area contributed by atoms with Gasteiger partial charge in [-0.25, -0.2) is 4.98 Å². The molecule has 8 nitrogen and oxygen atoms in total. The molecule has 6 aromatic rings. The highest BCUT2D eigenvalue weighted by Crippen LogP contribution is 2.34. The van der Waals surface area contributed by atoms with Crippen molar-refractivity contribution < 1.29 is 4.79 Å². The number of carbonyl (C=O) groups excluding carboxylic acids is 1. The van der Waals surface area contributed by atoms with Gasteiger partial charge in [0.05, 0.1) is 12.1 Å². The van der Waals surface area contributed by atoms with Crippen molar-refractivity contribution in [3.63, 3.8) is 0 Å². The molecule has 0 spiro atoms. The third kappa shape index (κ3) is 5.90. The van der Waals surface area contributed by atoms with Gasteiger partial charge in [0.2, 0.25) is 0 Å². The molecule has 1 amide bonds. The van der Waals surface area contributed by atoms with Gasteiger partial charge in [-0.1, -0.05) is 79.7 Å². The molecule has 0 aliphatic heterocycles. The molecule has 8 heteroatoms. The molecule has 1 unspecified atom stereocenters. The summed E-state index contributed by atoms with van der Waals surface area (Å²) in [5, 5.41) is 10.7. The van der Waals surface area contributed by atoms with Crippen molar-refractivity contribution in [1.82, 2.24) is 24.7 Å². The summed E-state index contributed by atoms with van der Waals surface area (Å²) in [6.07, 6.45) is 6.72. The van der Waals surface area contributed by atoms with E-state index < -0.39 is 5.91 Å². The van der Waals surface area contributed by atoms with Crippen LogP contribution in [0.5, 0.6) is 0 Å². The number of aryl methyl sites for hydroxylation is 3. The molecule has 0 saturated carbocycles. The van der Waals surface area contributed by atoms with Gasteiger partial charge < -0.3 is 21.0 Å². The molecule has 3 aromatic carbocycles. The number of pyridine rings is 1. The average Bonchev–Trinajstić information content (AvgIpc) is 3.63. The molecule has 43 heavy (non-hydrogen) atoms. The minimum Gasteiger partial charge on any atom is -0.383 e. The monoisotopic (exact) mass is 569 g/mol. The largest absolute Gasteiger partial charge is 0.383 e. The van der Waals surface area contributed by atoms with Gasteiger partial charge in [-0.05, 0) is 59.2 Å². The summed E-state index contributed by atoms with van der Waals surface area (Å²) >= 11 is 0. The fraction of sp³-hybridized carbons (Fsp3) is 0.200. The average molecular weight is 570 g/mol. The summed E-state index contributed by atoms with van der Waals surface area (Å²) in [5.74, 6) is 0.764. The quantitative estimate of drug-likeness (QED) is 0.187. The molecule has 1 atom stereocenters. The van der Waals surface area contributed by atoms with Crippen LogP contribution in [0.15, 0.2) is 97.3 Å². The Morgan fingerprint density at radius 1 is 0.884 bits per heavy atom. The molecule has 0 aliphatic carbocycles. The van der Waals surface area contributed by atoms with Crippen molar-refractivity contribution in [1.29, 1.82) is 0 Å². The summed E-state index contributed by atoms with van der Waals surface area (Å²) in [6.45, 7) is 2.74. The van der Waals surface area contributed by atoms with Crippen molar-refractivity contribution in [2.24, 2.45) is 5.73 Å². The van der Waals surface area contributed by atoms with Crippen molar-refractivity contribution in [3.05, 3.63) is 142 Å². The number of benzene rings is 3. The number of nitrogen functional groups attached to an aromatic ring is 1. The summed E-state index contributed by atoms with van der Waals surface area (Å²) in [4.78, 5) is 20.3. The number of para-hydroxylation sites is 1. The van der Waals surface area contributed by atoms with Crippen molar-refractivity contribution in [2.45, 2.75) is 45.1 Å². The van der Waals surface area contributed by atoms with E-state index in [-0.39, 0.29) is 17.3 Å². The van der Waals surface area contributed by atoms with Crippen LogP contribution in [0.4, 0.5) is 5.82 Å². The molecule has 216 valence electrons. The fourth-order valence-electron chi connectivity index (χ4n) is 5.84. The van der Waals surface area contributed by atoms with Gasteiger partial charge in [-0.3, -0.25) is 4.79 Å². The normalized spacial score (nSPS) is 12.0. The lowest BCUT2D eigenvalue weighted by atomic mass is 9.88. The first kappa shape index (κ1) is 27.9. The Balaban J connectivity index is 1.49. The van der Waals surface area contributed by atoms with Crippen molar-refractivity contribution in [2.75, 3.05) is 5.73 Å². The summed E-state index contributed by atoms with van der Waals surface area (Å²) in [6, 6.07) is 29.1. The first-order chi connectivity index (χ1) is 21.0. The van der Waals surface area contributed by atoms with E-state index in [1.54, 1.807) is 6.20 Å². The number of nitrogens with two attached hydrogens (primary N) is 2. The second kappa shape index (κ2) is 12.3. The molecule has 0 fully saturated rings. The number of nitrogens with one attached hydrogen (secondary N) is 1. The Morgan fingerprint density at radius 3 is 2.40 bits per heavy atom. The second-order valence-corrected chi connectivity index (χ2v) is 10.9. The number of hydrogen-bond donors (Lipinski definition) is 3. The number of anilines is 1. The van der Waals surface area contributed by atoms with Gasteiger partial charge in [0, 0.05) is 35.6 Å². The molecule has 0 radical (unpaired) electrons. The lowest BCUT2D eigenvalue weighted by Crippen LogP contribution is -2.22. The zero-order valence-corrected chi connectivity index (χ0v) is 24.2. The van der Waals surface area contributed by atoms with Gasteiger partial charge in [0.1, 0.15) is 17.5 Å². The smallest absolute Gasteiger partial charge is 0.252 e. The highest BCUT2D eigenvalue weighted by Gasteiger charge is 2.29. The maximum Gasteiger partial charge on any atom is 0.252 e. The van der Waals surface area contributed by atoms with E-state index in [0.29, 0.717) is 24.9 Å². The van der Waals surface area contributed by atoms with Crippen LogP contribution in [0.3, 0.4) is 0 Å². The van der Waals surface area contributed by atoms with Gasteiger partial charge in [0.15, 0.2) is 0 Å². The summed E-state index contributed by atoms with van der Waals surface area (Å²) in [5.41, 5.74) is 18.9. The van der Waals surface area contributed by atoms with Gasteiger partial charge in [-0.15, -0.1) is 10.2 Å². The molecular formula is C35H35N7O. The number of nitrogens with zero attached hydrogens (tertiary/aromatic N) is 4. The number of amides is 1. The molecule has 6 rings (SSSR count). The van der Waals surface area contributed by atoms with E-state index in [0.717, 1.165) is 46.5 Å². The molecule has 3 aromatic heterocycles. The number of H-pyrrole nitrogens is 1. The third-order valence-corrected chi connectivity index (χ3v) is 8.15. The van der Waals surface area contributed by atoms with Crippen LogP contribution in [0.1, 0.15) is 62.7 Å². The van der Waals surface area contributed by atoms with Gasteiger partial charge in [0.25, 0.3) is 5.91 Å². The summed E-state index contributed by atoms with van der Waals surface area (Å²) < 4.78 is 2.20. The Kier molecular flexibility index (Phi) is 8.00. The first-order valence-corrected chi connectivity index (χ1v) is 14.6. The number of rotatable bonds is 11. The Morgan fingerprint density at radius 2 is 1.63 bits per heavy atom. The Labute approximate surface area is 250 Å². The van der Waals surface area contributed by atoms with Crippen LogP contribution in [-0.2, 0) is 32.2 Å². The predicted molar refractivity (Wildman–Crippen MR) is 170 cm³/mol. The van der Waals surface area contributed by atoms with E-state index in [1.165, 1.54) is 11.1 Å². The van der Waals surface area contributed by atoms with Crippen LogP contribution >= 0.6 is 0 Å². The molecular weight excluding hydrogens is 534 g/mol. The van der Waals surface area contributed by atoms with Crippen LogP contribution in [0.25, 0.3) is 10.9 Å². The number of aromatic amines is 1. The second-order valence-electron chi connectivity index (χ2n) is 10.9. The van der Waals surface area contributed by atoms with Crippen LogP contribution < -0.4 is 11.5 Å². The van der Waals surface area contributed by atoms with Gasteiger partial charge in [-0.2, -0.15) is 0 Å². The number of primary amides is 1. The van der Waals surface area contributed by atoms with Crippen LogP contribution in [0, 0.1) is 0 Å². The highest BCUT2D eigenvalue weighted by molar-refractivity contribution is 5.99. The number of aromatic nitrogens is 5. The molecule has 0 aliphatic rings. The van der Waals surface area contributed by atoms with Crippen molar-refractivity contribution in [3.8, 4) is 0 Å². The predicted octanol–water partition coefficient (Wildman–Crippen LogP) is 5.61. The van der Waals surface area contributed by atoms with E-state index in [9.17, 15) is 4.79 Å². The highest BCUT2D eigenvalue weighted by atomic mass is 16.1. The van der Waals surface area contributed by atoms with E-state index in [1.807, 2.05) is 30.5 Å². The minimum atomic E-state index is -0.616. The van der Waals surface area contributed by atoms with E-state index >= 15 is 0 Å². The molecule has 0 saturated heterocycles. The van der Waals surface area contributed by atoms with E-state index in [4.69, 9.17) is 21.7 Å². The van der Waals surface area contributed by atoms with E-state index in [2.05, 4.69) is 82.1 Å². The molecule has 5 N–H and O–H groups in total. The van der Waals surface area contributed by atoms with Crippen LogP contribution in [-0.4, -0.2) is 30.6 Å². The van der Waals surface area contributed by atoms with Crippen molar-refractivity contribution >= 4 is 22.6 Å². The molecule has 0 bridgehead atoms. The fourth-order valence-corrected chi connectivity index (χ4v) is 5.84. The maximum absolute atomic E-state index is 12.7. The van der Waals surface area contributed by atoms with Gasteiger partial charge >= 0.3 is 0 Å². The lowest BCUT2D eigenvalue weighted by Gasteiger charge is -2.21. The Hall–Kier alpha value is -5.24. The SMILES string of the molecule is CCc1ccc(Cn2c(CCc3ccccc3)nnc2C(Cc2c[nH]c3ccccc23)c2ccnc(N)c2C(N)=O)cc1. The summed E-state index contributed by atoms with van der Waals surface area (Å²) in [7, 11) is 0. The zero-order chi connectivity index (χ0) is 29.8. The lowest BCUT2D eigenvalue weighted by molar-refractivity contribution is 0.0999. The topological polar surface area (TPSA) is 128 Å². The first-order valence-electron chi connectivity index (χ1n) is 14.6. The standard InChI is InChI=1S/C35H35N7O/c1-2-23-12-14-25(15-13-23)22-42-31(17-16-24-8-4-3-5-9-24)40-41-35(42)29(28-18-19-38-33(36)32(28)34(37)43)20-26-21-39-30-11-7-6-10-27(26)30/h3-15,18-19,21,29,39H,2,16-17,20,22H2,1H3,(H2,36,38)(H2,37,43). The van der Waals surface area contributed by atoms with Crippen LogP contribution in [0.2, 0.25) is 0 Å². The molecule has 3 heterocycles. The Bertz CT molecular complexity index is 1860. The third-order valence-electron chi connectivity index (χ3n) is 8.15. The number of hydrogen-bond acceptors (Lipinski definition) is 5. The number of fused-ring (bicyclic) bond motifs is 1.